The molecule has 2 unspecified atom stereocenters. The summed E-state index contributed by atoms with van der Waals surface area (Å²) in [7, 11) is 0. The van der Waals surface area contributed by atoms with E-state index in [2.05, 4.69) is 31.6 Å². The van der Waals surface area contributed by atoms with Gasteiger partial charge in [0.15, 0.2) is 5.11 Å². The molecule has 4 nitrogen and oxygen atoms in total. The van der Waals surface area contributed by atoms with Crippen molar-refractivity contribution in [1.82, 2.24) is 10.6 Å². The van der Waals surface area contributed by atoms with E-state index < -0.39 is 6.17 Å². The first-order chi connectivity index (χ1) is 11.1. The Hall–Kier alpha value is -1.12. The lowest BCUT2D eigenvalue weighted by atomic mass is 10.1. The number of hydrogen-bond acceptors (Lipinski definition) is 4. The number of thioether (sulfide) groups is 1. The zero-order valence-electron chi connectivity index (χ0n) is 12.5. The molecule has 124 valence electrons. The largest absolute Gasteiger partial charge is 0.499 e. The third kappa shape index (κ3) is 5.78. The van der Waals surface area contributed by atoms with Crippen LogP contribution < -0.4 is 10.6 Å². The number of ether oxygens (including phenoxy) is 1. The minimum absolute atomic E-state index is 0.107. The first kappa shape index (κ1) is 18.2. The van der Waals surface area contributed by atoms with Crippen molar-refractivity contribution in [1.29, 1.82) is 0 Å². The van der Waals surface area contributed by atoms with Crippen LogP contribution in [0.25, 0.3) is 0 Å². The van der Waals surface area contributed by atoms with Gasteiger partial charge in [0, 0.05) is 4.47 Å². The highest BCUT2D eigenvalue weighted by Gasteiger charge is 2.20. The molecular weight excluding hydrogens is 401 g/mol. The molecule has 0 fully saturated rings. The molecule has 2 atom stereocenters. The van der Waals surface area contributed by atoms with Crippen LogP contribution in [0.5, 0.6) is 0 Å². The Bertz CT molecular complexity index is 595. The molecule has 1 aromatic rings. The molecule has 1 aliphatic rings. The minimum Gasteiger partial charge on any atom is -0.499 e. The predicted molar refractivity (Wildman–Crippen MR) is 101 cm³/mol. The highest BCUT2D eigenvalue weighted by molar-refractivity contribution is 9.10. The Kier molecular flexibility index (Phi) is 7.32. The van der Waals surface area contributed by atoms with Crippen molar-refractivity contribution in [2.45, 2.75) is 18.5 Å². The molecule has 0 aromatic heterocycles. The Labute approximate surface area is 153 Å². The van der Waals surface area contributed by atoms with Gasteiger partial charge in [0.05, 0.1) is 18.7 Å². The number of thiocarbonyl (C=S) groups is 1. The smallest absolute Gasteiger partial charge is 0.167 e. The topological polar surface area (TPSA) is 45.6 Å². The molecule has 2 N–H and O–H groups in total. The standard InChI is InChI=1S/C15H17BrFN3OS2/c1-2-21-8-13-14(23-9-19-13)20-15(22)18-7-12(17)10-3-5-11(16)6-4-10/h3-6,8-9,12,14H,2,7H2,1H3,(H2,18,20,22)/b13-8+. The second-order valence-corrected chi connectivity index (χ2v) is 6.90. The number of halogens is 2. The number of aliphatic imine (C=N–C) groups is 1. The molecule has 0 spiro atoms. The number of alkyl halides is 1. The van der Waals surface area contributed by atoms with Gasteiger partial charge in [0.25, 0.3) is 0 Å². The van der Waals surface area contributed by atoms with Crippen molar-refractivity contribution in [2.24, 2.45) is 4.99 Å². The summed E-state index contributed by atoms with van der Waals surface area (Å²) in [6.07, 6.45) is 0.477. The average molecular weight is 418 g/mol. The van der Waals surface area contributed by atoms with Crippen LogP contribution in [-0.4, -0.2) is 29.2 Å². The quantitative estimate of drug-likeness (QED) is 0.542. The molecule has 0 radical (unpaired) electrons. The van der Waals surface area contributed by atoms with Crippen molar-refractivity contribution < 1.29 is 9.13 Å². The van der Waals surface area contributed by atoms with Crippen molar-refractivity contribution in [3.63, 3.8) is 0 Å². The van der Waals surface area contributed by atoms with Gasteiger partial charge in [-0.05, 0) is 36.8 Å². The van der Waals surface area contributed by atoms with Crippen molar-refractivity contribution in [2.75, 3.05) is 13.2 Å². The van der Waals surface area contributed by atoms with Crippen LogP contribution in [-0.2, 0) is 4.74 Å². The van der Waals surface area contributed by atoms with Gasteiger partial charge >= 0.3 is 0 Å². The highest BCUT2D eigenvalue weighted by Crippen LogP contribution is 2.23. The first-order valence-corrected chi connectivity index (χ1v) is 9.18. The summed E-state index contributed by atoms with van der Waals surface area (Å²) in [6, 6.07) is 7.12. The number of nitrogens with one attached hydrogen (secondary N) is 2. The van der Waals surface area contributed by atoms with E-state index in [0.29, 0.717) is 17.3 Å². The third-order valence-electron chi connectivity index (χ3n) is 2.97. The fourth-order valence-electron chi connectivity index (χ4n) is 1.80. The summed E-state index contributed by atoms with van der Waals surface area (Å²) in [5, 5.41) is 6.25. The lowest BCUT2D eigenvalue weighted by molar-refractivity contribution is 0.265. The molecule has 0 saturated heterocycles. The molecule has 1 aliphatic heterocycles. The lowest BCUT2D eigenvalue weighted by Crippen LogP contribution is -2.41. The summed E-state index contributed by atoms with van der Waals surface area (Å²) < 4.78 is 20.3. The van der Waals surface area contributed by atoms with E-state index in [-0.39, 0.29) is 11.9 Å². The van der Waals surface area contributed by atoms with Crippen LogP contribution in [0.1, 0.15) is 18.7 Å². The SMILES string of the molecule is CCO/C=C1/N=CSC1NC(=S)NCC(F)c1ccc(Br)cc1. The normalized spacial score (nSPS) is 19.6. The molecular formula is C15H17BrFN3OS2. The van der Waals surface area contributed by atoms with E-state index in [1.54, 1.807) is 23.9 Å². The van der Waals surface area contributed by atoms with Gasteiger partial charge in [0.2, 0.25) is 0 Å². The number of nitrogens with zero attached hydrogens (tertiary/aromatic N) is 1. The van der Waals surface area contributed by atoms with E-state index in [9.17, 15) is 4.39 Å². The number of benzene rings is 1. The minimum atomic E-state index is -1.13. The highest BCUT2D eigenvalue weighted by atomic mass is 79.9. The van der Waals surface area contributed by atoms with Gasteiger partial charge < -0.3 is 15.4 Å². The monoisotopic (exact) mass is 417 g/mol. The van der Waals surface area contributed by atoms with Crippen molar-refractivity contribution in [3.8, 4) is 0 Å². The van der Waals surface area contributed by atoms with E-state index in [1.165, 1.54) is 11.8 Å². The summed E-state index contributed by atoms with van der Waals surface area (Å²) >= 11 is 10.0. The van der Waals surface area contributed by atoms with Gasteiger partial charge in [-0.1, -0.05) is 39.8 Å². The Morgan fingerprint density at radius 3 is 2.96 bits per heavy atom. The van der Waals surface area contributed by atoms with Crippen molar-refractivity contribution >= 4 is 50.6 Å². The van der Waals surface area contributed by atoms with Crippen LogP contribution >= 0.6 is 39.9 Å². The van der Waals surface area contributed by atoms with Crippen LogP contribution in [0.4, 0.5) is 4.39 Å². The Morgan fingerprint density at radius 2 is 2.26 bits per heavy atom. The molecule has 1 heterocycles. The molecule has 23 heavy (non-hydrogen) atoms. The Morgan fingerprint density at radius 1 is 1.52 bits per heavy atom. The maximum absolute atomic E-state index is 14.2. The molecule has 0 amide bonds. The van der Waals surface area contributed by atoms with Gasteiger partial charge in [-0.3, -0.25) is 0 Å². The van der Waals surface area contributed by atoms with Crippen LogP contribution in [0.15, 0.2) is 45.7 Å². The number of rotatable bonds is 6. The molecule has 8 heteroatoms. The average Bonchev–Trinajstić information content (AvgIpc) is 2.98. The lowest BCUT2D eigenvalue weighted by Gasteiger charge is -2.17. The first-order valence-electron chi connectivity index (χ1n) is 7.03. The van der Waals surface area contributed by atoms with Gasteiger partial charge in [-0.2, -0.15) is 0 Å². The molecule has 0 aliphatic carbocycles. The summed E-state index contributed by atoms with van der Waals surface area (Å²) in [5.74, 6) is 0. The maximum atomic E-state index is 14.2. The Balaban J connectivity index is 1.80. The zero-order valence-corrected chi connectivity index (χ0v) is 15.7. The second kappa shape index (κ2) is 9.24. The van der Waals surface area contributed by atoms with Crippen LogP contribution in [0.2, 0.25) is 0 Å². The summed E-state index contributed by atoms with van der Waals surface area (Å²) in [6.45, 7) is 2.59. The van der Waals surface area contributed by atoms with E-state index in [4.69, 9.17) is 17.0 Å². The summed E-state index contributed by atoms with van der Waals surface area (Å²) in [5.41, 5.74) is 3.09. The van der Waals surface area contributed by atoms with Crippen molar-refractivity contribution in [3.05, 3.63) is 46.3 Å². The van der Waals surface area contributed by atoms with Gasteiger partial charge in [0.1, 0.15) is 23.5 Å². The van der Waals surface area contributed by atoms with E-state index >= 15 is 0 Å². The number of hydrogen-bond donors (Lipinski definition) is 2. The van der Waals surface area contributed by atoms with Crippen LogP contribution in [0, 0.1) is 0 Å². The molecule has 1 aromatic carbocycles. The fraction of sp³-hybridized carbons (Fsp3) is 0.333. The van der Waals surface area contributed by atoms with Gasteiger partial charge in [-0.15, -0.1) is 0 Å². The van der Waals surface area contributed by atoms with E-state index in [1.807, 2.05) is 19.1 Å². The predicted octanol–water partition coefficient (Wildman–Crippen LogP) is 3.90. The summed E-state index contributed by atoms with van der Waals surface area (Å²) in [4.78, 5) is 4.20. The van der Waals surface area contributed by atoms with E-state index in [0.717, 1.165) is 10.2 Å². The fourth-order valence-corrected chi connectivity index (χ4v) is 3.09. The maximum Gasteiger partial charge on any atom is 0.167 e. The molecule has 0 bridgehead atoms. The second-order valence-electron chi connectivity index (χ2n) is 4.62. The zero-order chi connectivity index (χ0) is 16.7. The third-order valence-corrected chi connectivity index (χ3v) is 4.62. The molecule has 0 saturated carbocycles. The molecule has 2 rings (SSSR count). The van der Waals surface area contributed by atoms with Crippen LogP contribution in [0.3, 0.4) is 0 Å². The van der Waals surface area contributed by atoms with Gasteiger partial charge in [-0.25, -0.2) is 9.38 Å².